The number of rotatable bonds is 6. The van der Waals surface area contributed by atoms with Gasteiger partial charge in [0, 0.05) is 6.20 Å². The van der Waals surface area contributed by atoms with Gasteiger partial charge in [0.05, 0.1) is 18.5 Å². The fourth-order valence-electron chi connectivity index (χ4n) is 1.46. The molecule has 2 aromatic rings. The summed E-state index contributed by atoms with van der Waals surface area (Å²) < 4.78 is 10.7. The molecule has 1 heterocycles. The molecule has 1 aromatic carbocycles. The van der Waals surface area contributed by atoms with Crippen molar-refractivity contribution in [1.82, 2.24) is 10.2 Å². The van der Waals surface area contributed by atoms with E-state index in [1.165, 1.54) is 6.20 Å². The lowest BCUT2D eigenvalue weighted by Gasteiger charge is -2.07. The highest BCUT2D eigenvalue weighted by molar-refractivity contribution is 5.91. The molecule has 0 unspecified atom stereocenters. The van der Waals surface area contributed by atoms with Crippen LogP contribution in [0.25, 0.3) is 0 Å². The summed E-state index contributed by atoms with van der Waals surface area (Å²) >= 11 is 0. The number of carbonyl (C=O) groups excluding carboxylic acids is 1. The zero-order valence-electron chi connectivity index (χ0n) is 10.6. The smallest absolute Gasteiger partial charge is 0.262 e. The third-order valence-electron chi connectivity index (χ3n) is 2.29. The van der Waals surface area contributed by atoms with Gasteiger partial charge in [-0.1, -0.05) is 0 Å². The largest absolute Gasteiger partial charge is 0.494 e. The van der Waals surface area contributed by atoms with Gasteiger partial charge in [-0.2, -0.15) is 5.10 Å². The summed E-state index contributed by atoms with van der Waals surface area (Å²) in [5.41, 5.74) is 0.611. The van der Waals surface area contributed by atoms with E-state index in [0.717, 1.165) is 5.75 Å². The first kappa shape index (κ1) is 12.9. The number of nitrogens with one attached hydrogen (secondary N) is 2. The van der Waals surface area contributed by atoms with E-state index in [9.17, 15) is 4.79 Å². The Balaban J connectivity index is 1.79. The van der Waals surface area contributed by atoms with Crippen molar-refractivity contribution in [1.29, 1.82) is 0 Å². The Hall–Kier alpha value is -2.50. The van der Waals surface area contributed by atoms with Crippen LogP contribution >= 0.6 is 0 Å². The number of benzene rings is 1. The third-order valence-corrected chi connectivity index (χ3v) is 2.29. The van der Waals surface area contributed by atoms with Crippen LogP contribution in [0.5, 0.6) is 11.5 Å². The van der Waals surface area contributed by atoms with E-state index in [0.29, 0.717) is 18.0 Å². The highest BCUT2D eigenvalue weighted by atomic mass is 16.5. The van der Waals surface area contributed by atoms with E-state index in [4.69, 9.17) is 9.47 Å². The van der Waals surface area contributed by atoms with E-state index < -0.39 is 0 Å². The van der Waals surface area contributed by atoms with Crippen LogP contribution < -0.4 is 14.8 Å². The average Bonchev–Trinajstić information content (AvgIpc) is 2.91. The molecular formula is C13H15N3O3. The van der Waals surface area contributed by atoms with E-state index in [1.54, 1.807) is 30.5 Å². The van der Waals surface area contributed by atoms with Gasteiger partial charge >= 0.3 is 0 Å². The number of aromatic amines is 1. The van der Waals surface area contributed by atoms with Crippen LogP contribution in [0.3, 0.4) is 0 Å². The highest BCUT2D eigenvalue weighted by Crippen LogP contribution is 2.17. The molecule has 6 nitrogen and oxygen atoms in total. The topological polar surface area (TPSA) is 76.2 Å². The van der Waals surface area contributed by atoms with Gasteiger partial charge in [-0.15, -0.1) is 0 Å². The van der Waals surface area contributed by atoms with Crippen LogP contribution in [-0.2, 0) is 4.79 Å². The Labute approximate surface area is 110 Å². The number of ether oxygens (including phenoxy) is 2. The fourth-order valence-corrected chi connectivity index (χ4v) is 1.46. The van der Waals surface area contributed by atoms with Gasteiger partial charge in [0.25, 0.3) is 5.91 Å². The second-order valence-corrected chi connectivity index (χ2v) is 3.73. The maximum Gasteiger partial charge on any atom is 0.262 e. The van der Waals surface area contributed by atoms with Crippen molar-refractivity contribution in [3.63, 3.8) is 0 Å². The monoisotopic (exact) mass is 261 g/mol. The Morgan fingerprint density at radius 3 is 2.53 bits per heavy atom. The minimum absolute atomic E-state index is 0.0564. The number of hydrogen-bond acceptors (Lipinski definition) is 4. The summed E-state index contributed by atoms with van der Waals surface area (Å²) in [4.78, 5) is 11.6. The lowest BCUT2D eigenvalue weighted by atomic mass is 10.3. The molecule has 1 aromatic heterocycles. The van der Waals surface area contributed by atoms with Crippen LogP contribution in [0, 0.1) is 0 Å². The van der Waals surface area contributed by atoms with Gasteiger partial charge in [-0.25, -0.2) is 0 Å². The molecule has 0 aliphatic rings. The second-order valence-electron chi connectivity index (χ2n) is 3.73. The number of aromatic nitrogens is 2. The Bertz CT molecular complexity index is 508. The lowest BCUT2D eigenvalue weighted by molar-refractivity contribution is -0.118. The molecule has 6 heteroatoms. The molecule has 0 bridgehead atoms. The SMILES string of the molecule is CCOc1ccc(OCC(=O)Nc2cn[nH]c2)cc1. The number of anilines is 1. The van der Waals surface area contributed by atoms with Gasteiger partial charge < -0.3 is 14.8 Å². The van der Waals surface area contributed by atoms with Crippen molar-refractivity contribution < 1.29 is 14.3 Å². The Kier molecular flexibility index (Phi) is 4.39. The zero-order chi connectivity index (χ0) is 13.5. The summed E-state index contributed by atoms with van der Waals surface area (Å²) in [6, 6.07) is 7.12. The quantitative estimate of drug-likeness (QED) is 0.831. The van der Waals surface area contributed by atoms with Crippen LogP contribution in [0.1, 0.15) is 6.92 Å². The molecule has 2 rings (SSSR count). The molecule has 0 saturated heterocycles. The summed E-state index contributed by atoms with van der Waals surface area (Å²) in [6.45, 7) is 2.48. The maximum absolute atomic E-state index is 11.6. The molecule has 0 aliphatic heterocycles. The predicted octanol–water partition coefficient (Wildman–Crippen LogP) is 1.83. The maximum atomic E-state index is 11.6. The molecule has 100 valence electrons. The molecule has 0 spiro atoms. The van der Waals surface area contributed by atoms with Crippen molar-refractivity contribution in [2.24, 2.45) is 0 Å². The zero-order valence-corrected chi connectivity index (χ0v) is 10.6. The van der Waals surface area contributed by atoms with Gasteiger partial charge in [-0.05, 0) is 31.2 Å². The summed E-state index contributed by atoms with van der Waals surface area (Å²) in [6.07, 6.45) is 3.11. The molecule has 19 heavy (non-hydrogen) atoms. The molecule has 1 amide bonds. The Morgan fingerprint density at radius 1 is 1.26 bits per heavy atom. The van der Waals surface area contributed by atoms with Gasteiger partial charge in [0.15, 0.2) is 6.61 Å². The van der Waals surface area contributed by atoms with E-state index in [-0.39, 0.29) is 12.5 Å². The lowest BCUT2D eigenvalue weighted by Crippen LogP contribution is -2.19. The number of carbonyl (C=O) groups is 1. The number of H-pyrrole nitrogens is 1. The minimum Gasteiger partial charge on any atom is -0.494 e. The van der Waals surface area contributed by atoms with Crippen molar-refractivity contribution in [2.45, 2.75) is 6.92 Å². The number of amides is 1. The number of hydrogen-bond donors (Lipinski definition) is 2. The second kappa shape index (κ2) is 6.44. The Morgan fingerprint density at radius 2 is 1.95 bits per heavy atom. The number of nitrogens with zero attached hydrogens (tertiary/aromatic N) is 1. The molecule has 0 aliphatic carbocycles. The van der Waals surface area contributed by atoms with Crippen LogP contribution in [0.15, 0.2) is 36.7 Å². The standard InChI is InChI=1S/C13H15N3O3/c1-2-18-11-3-5-12(6-4-11)19-9-13(17)16-10-7-14-15-8-10/h3-8H,2,9H2,1H3,(H,14,15)(H,16,17). The van der Waals surface area contributed by atoms with Gasteiger partial charge in [0.2, 0.25) is 0 Å². The highest BCUT2D eigenvalue weighted by Gasteiger charge is 2.04. The van der Waals surface area contributed by atoms with E-state index in [2.05, 4.69) is 15.5 Å². The van der Waals surface area contributed by atoms with Crippen LogP contribution in [-0.4, -0.2) is 29.3 Å². The summed E-state index contributed by atoms with van der Waals surface area (Å²) in [5.74, 6) is 1.15. The van der Waals surface area contributed by atoms with Crippen molar-refractivity contribution in [3.05, 3.63) is 36.7 Å². The molecule has 0 atom stereocenters. The molecule has 2 N–H and O–H groups in total. The first-order chi connectivity index (χ1) is 9.28. The predicted molar refractivity (Wildman–Crippen MR) is 70.3 cm³/mol. The van der Waals surface area contributed by atoms with E-state index in [1.807, 2.05) is 6.92 Å². The van der Waals surface area contributed by atoms with Crippen LogP contribution in [0.2, 0.25) is 0 Å². The fraction of sp³-hybridized carbons (Fsp3) is 0.231. The summed E-state index contributed by atoms with van der Waals surface area (Å²) in [7, 11) is 0. The van der Waals surface area contributed by atoms with Gasteiger partial charge in [-0.3, -0.25) is 9.89 Å². The average molecular weight is 261 g/mol. The molecule has 0 saturated carbocycles. The molecule has 0 fully saturated rings. The van der Waals surface area contributed by atoms with Crippen molar-refractivity contribution >= 4 is 11.6 Å². The molecular weight excluding hydrogens is 246 g/mol. The normalized spacial score (nSPS) is 9.95. The van der Waals surface area contributed by atoms with E-state index >= 15 is 0 Å². The van der Waals surface area contributed by atoms with Crippen molar-refractivity contribution in [2.75, 3.05) is 18.5 Å². The summed E-state index contributed by atoms with van der Waals surface area (Å²) in [5, 5.41) is 8.98. The first-order valence-electron chi connectivity index (χ1n) is 5.92. The van der Waals surface area contributed by atoms with Crippen molar-refractivity contribution in [3.8, 4) is 11.5 Å². The minimum atomic E-state index is -0.240. The van der Waals surface area contributed by atoms with Crippen LogP contribution in [0.4, 0.5) is 5.69 Å². The first-order valence-corrected chi connectivity index (χ1v) is 5.92. The third kappa shape index (κ3) is 4.02. The molecule has 0 radical (unpaired) electrons. The van der Waals surface area contributed by atoms with Gasteiger partial charge in [0.1, 0.15) is 11.5 Å².